The van der Waals surface area contributed by atoms with E-state index in [-0.39, 0.29) is 30.7 Å². The van der Waals surface area contributed by atoms with E-state index in [4.69, 9.17) is 4.74 Å². The van der Waals surface area contributed by atoms with Gasteiger partial charge in [-0.05, 0) is 26.2 Å². The van der Waals surface area contributed by atoms with Crippen molar-refractivity contribution in [2.75, 3.05) is 13.7 Å². The molecule has 0 aromatic carbocycles. The number of likely N-dealkylation sites (N-methyl/N-ethyl adjacent to an activating group) is 1. The molecule has 1 rings (SSSR count). The van der Waals surface area contributed by atoms with Gasteiger partial charge in [0.15, 0.2) is 0 Å². The molecule has 1 aliphatic rings. The molecule has 0 spiro atoms. The summed E-state index contributed by atoms with van der Waals surface area (Å²) in [5.74, 6) is 0.0341. The van der Waals surface area contributed by atoms with Crippen LogP contribution in [0.1, 0.15) is 26.2 Å². The minimum absolute atomic E-state index is 0. The second-order valence-electron chi connectivity index (χ2n) is 3.36. The molecule has 0 bridgehead atoms. The summed E-state index contributed by atoms with van der Waals surface area (Å²) in [6.07, 6.45) is 3.77. The quantitative estimate of drug-likeness (QED) is 0.484. The monoisotopic (exact) mass is 205 g/mol. The van der Waals surface area contributed by atoms with Gasteiger partial charge in [0.25, 0.3) is 0 Å². The molecule has 80 valence electrons. The van der Waals surface area contributed by atoms with Gasteiger partial charge in [-0.25, -0.2) is 4.79 Å². The van der Waals surface area contributed by atoms with Crippen LogP contribution >= 0.6 is 0 Å². The molecule has 0 aromatic heterocycles. The number of amides is 1. The SMILES string of the molecule is CCOC(=O)N(C)C1CCCC=C1[O-].[Li+]. The molecule has 0 aromatic rings. The Balaban J connectivity index is 0.00000196. The number of allylic oxidation sites excluding steroid dienone is 1. The predicted molar refractivity (Wildman–Crippen MR) is 50.5 cm³/mol. The van der Waals surface area contributed by atoms with Crippen LogP contribution in [-0.2, 0) is 4.74 Å². The molecule has 0 N–H and O–H groups in total. The van der Waals surface area contributed by atoms with Gasteiger partial charge in [0.2, 0.25) is 0 Å². The molecule has 1 amide bonds. The normalized spacial score (nSPS) is 19.9. The van der Waals surface area contributed by atoms with Gasteiger partial charge in [-0.15, -0.1) is 5.76 Å². The summed E-state index contributed by atoms with van der Waals surface area (Å²) in [6.45, 7) is 2.09. The second kappa shape index (κ2) is 6.81. The van der Waals surface area contributed by atoms with E-state index >= 15 is 0 Å². The van der Waals surface area contributed by atoms with Gasteiger partial charge < -0.3 is 14.7 Å². The molecule has 5 heteroatoms. The third-order valence-electron chi connectivity index (χ3n) is 2.38. The van der Waals surface area contributed by atoms with Crippen LogP contribution in [0.25, 0.3) is 0 Å². The Kier molecular flexibility index (Phi) is 6.54. The van der Waals surface area contributed by atoms with Gasteiger partial charge in [-0.2, -0.15) is 0 Å². The van der Waals surface area contributed by atoms with E-state index in [0.717, 1.165) is 19.3 Å². The van der Waals surface area contributed by atoms with Crippen molar-refractivity contribution >= 4 is 6.09 Å². The fourth-order valence-electron chi connectivity index (χ4n) is 1.57. The van der Waals surface area contributed by atoms with Gasteiger partial charge in [0, 0.05) is 13.1 Å². The zero-order valence-corrected chi connectivity index (χ0v) is 9.66. The smallest absolute Gasteiger partial charge is 0.874 e. The van der Waals surface area contributed by atoms with Crippen LogP contribution in [0.15, 0.2) is 11.8 Å². The largest absolute Gasteiger partial charge is 1.00 e. The van der Waals surface area contributed by atoms with Crippen LogP contribution in [0, 0.1) is 0 Å². The van der Waals surface area contributed by atoms with Crippen molar-refractivity contribution in [1.82, 2.24) is 4.90 Å². The molecule has 1 aliphatic carbocycles. The van der Waals surface area contributed by atoms with Crippen LogP contribution in [0.5, 0.6) is 0 Å². The Labute approximate surface area is 102 Å². The molecule has 4 nitrogen and oxygen atoms in total. The Bertz CT molecular complexity index is 243. The number of carbonyl (C=O) groups is 1. The molecule has 1 atom stereocenters. The van der Waals surface area contributed by atoms with E-state index in [0.29, 0.717) is 6.61 Å². The summed E-state index contributed by atoms with van der Waals surface area (Å²) in [7, 11) is 1.61. The molecule has 15 heavy (non-hydrogen) atoms. The number of hydrogen-bond acceptors (Lipinski definition) is 3. The molecule has 0 saturated carbocycles. The Hall–Kier alpha value is -0.593. The maximum absolute atomic E-state index is 11.4. The molecule has 0 saturated heterocycles. The maximum atomic E-state index is 11.4. The van der Waals surface area contributed by atoms with E-state index in [1.807, 2.05) is 0 Å². The standard InChI is InChI=1S/C10H17NO3.Li/c1-3-14-10(13)11(2)8-6-4-5-7-9(8)12;/h7-8,12H,3-6H2,1-2H3;/q;+1/p-1. The first-order chi connectivity index (χ1) is 6.66. The van der Waals surface area contributed by atoms with Gasteiger partial charge in [0.1, 0.15) is 0 Å². The third-order valence-corrected chi connectivity index (χ3v) is 2.38. The van der Waals surface area contributed by atoms with E-state index in [2.05, 4.69) is 0 Å². The van der Waals surface area contributed by atoms with E-state index < -0.39 is 6.09 Å². The Morgan fingerprint density at radius 2 is 2.40 bits per heavy atom. The summed E-state index contributed by atoms with van der Waals surface area (Å²) in [4.78, 5) is 12.7. The van der Waals surface area contributed by atoms with E-state index in [1.54, 1.807) is 20.0 Å². The van der Waals surface area contributed by atoms with E-state index in [1.165, 1.54) is 4.90 Å². The number of carbonyl (C=O) groups excluding carboxylic acids is 1. The minimum atomic E-state index is -0.416. The zero-order chi connectivity index (χ0) is 10.6. The molecule has 0 heterocycles. The second-order valence-corrected chi connectivity index (χ2v) is 3.36. The van der Waals surface area contributed by atoms with Crippen molar-refractivity contribution in [3.63, 3.8) is 0 Å². The zero-order valence-electron chi connectivity index (χ0n) is 9.66. The summed E-state index contributed by atoms with van der Waals surface area (Å²) in [5.41, 5.74) is 0. The van der Waals surface area contributed by atoms with Crippen LogP contribution < -0.4 is 24.0 Å². The van der Waals surface area contributed by atoms with Crippen molar-refractivity contribution in [2.45, 2.75) is 32.2 Å². The first-order valence-electron chi connectivity index (χ1n) is 4.93. The number of ether oxygens (including phenoxy) is 1. The van der Waals surface area contributed by atoms with Crippen LogP contribution in [0.3, 0.4) is 0 Å². The topological polar surface area (TPSA) is 52.6 Å². The van der Waals surface area contributed by atoms with Gasteiger partial charge >= 0.3 is 25.0 Å². The van der Waals surface area contributed by atoms with Crippen molar-refractivity contribution in [1.29, 1.82) is 0 Å². The Morgan fingerprint density at radius 1 is 1.73 bits per heavy atom. The van der Waals surface area contributed by atoms with Crippen molar-refractivity contribution in [2.24, 2.45) is 0 Å². The van der Waals surface area contributed by atoms with Crippen molar-refractivity contribution < 1.29 is 33.5 Å². The fraction of sp³-hybridized carbons (Fsp3) is 0.700. The molecule has 0 fully saturated rings. The molecule has 0 aliphatic heterocycles. The summed E-state index contributed by atoms with van der Waals surface area (Å²) >= 11 is 0. The molecule has 0 radical (unpaired) electrons. The minimum Gasteiger partial charge on any atom is -0.874 e. The van der Waals surface area contributed by atoms with Gasteiger partial charge in [-0.3, -0.25) is 0 Å². The summed E-state index contributed by atoms with van der Waals surface area (Å²) in [6, 6.07) is -0.317. The first kappa shape index (κ1) is 14.4. The predicted octanol–water partition coefficient (Wildman–Crippen LogP) is -2.12. The van der Waals surface area contributed by atoms with Crippen LogP contribution in [0.4, 0.5) is 4.79 Å². The molecular weight excluding hydrogens is 189 g/mol. The third kappa shape index (κ3) is 3.81. The molecular formula is C10H16LiNO3. The van der Waals surface area contributed by atoms with E-state index in [9.17, 15) is 9.90 Å². The average molecular weight is 205 g/mol. The average Bonchev–Trinajstić information content (AvgIpc) is 2.18. The van der Waals surface area contributed by atoms with Crippen molar-refractivity contribution in [3.8, 4) is 0 Å². The molecule has 1 unspecified atom stereocenters. The number of rotatable bonds is 2. The Morgan fingerprint density at radius 3 is 2.93 bits per heavy atom. The first-order valence-corrected chi connectivity index (χ1v) is 4.93. The fourth-order valence-corrected chi connectivity index (χ4v) is 1.57. The van der Waals surface area contributed by atoms with Crippen LogP contribution in [0.2, 0.25) is 0 Å². The van der Waals surface area contributed by atoms with Gasteiger partial charge in [0.05, 0.1) is 6.61 Å². The van der Waals surface area contributed by atoms with Gasteiger partial charge in [-0.1, -0.05) is 6.08 Å². The number of hydrogen-bond donors (Lipinski definition) is 0. The maximum Gasteiger partial charge on any atom is 1.00 e. The van der Waals surface area contributed by atoms with Crippen molar-refractivity contribution in [3.05, 3.63) is 11.8 Å². The summed E-state index contributed by atoms with van der Waals surface area (Å²) in [5, 5.41) is 11.4. The number of nitrogens with zero attached hydrogens (tertiary/aromatic N) is 1. The summed E-state index contributed by atoms with van der Waals surface area (Å²) < 4.78 is 4.83. The van der Waals surface area contributed by atoms with Crippen LogP contribution in [-0.4, -0.2) is 30.7 Å².